The zero-order chi connectivity index (χ0) is 16.3. The molecule has 0 N–H and O–H groups in total. The van der Waals surface area contributed by atoms with Crippen molar-refractivity contribution in [2.45, 2.75) is 6.36 Å². The molecule has 0 radical (unpaired) electrons. The van der Waals surface area contributed by atoms with Gasteiger partial charge in [0.15, 0.2) is 0 Å². The first-order valence-corrected chi connectivity index (χ1v) is 5.85. The van der Waals surface area contributed by atoms with E-state index in [1.165, 1.54) is 24.3 Å². The summed E-state index contributed by atoms with van der Waals surface area (Å²) in [7, 11) is 0. The zero-order valence-electron chi connectivity index (χ0n) is 10.8. The molecule has 22 heavy (non-hydrogen) atoms. The van der Waals surface area contributed by atoms with Crippen molar-refractivity contribution >= 4 is 5.69 Å². The summed E-state index contributed by atoms with van der Waals surface area (Å²) in [6.07, 6.45) is -4.83. The zero-order valence-corrected chi connectivity index (χ0v) is 10.8. The molecule has 2 rings (SSSR count). The molecule has 0 saturated heterocycles. The van der Waals surface area contributed by atoms with E-state index in [0.717, 1.165) is 18.2 Å². The lowest BCUT2D eigenvalue weighted by atomic mass is 9.99. The fourth-order valence-corrected chi connectivity index (χ4v) is 1.85. The first-order chi connectivity index (χ1) is 10.3. The first-order valence-electron chi connectivity index (χ1n) is 5.85. The molecule has 2 aromatic rings. The van der Waals surface area contributed by atoms with Gasteiger partial charge >= 0.3 is 6.36 Å². The van der Waals surface area contributed by atoms with Crippen molar-refractivity contribution in [1.82, 2.24) is 0 Å². The predicted octanol–water partition coefficient (Wildman–Crippen LogP) is 4.03. The topological polar surface area (TPSA) is 76.2 Å². The lowest BCUT2D eigenvalue weighted by Crippen LogP contribution is -2.17. The third-order valence-electron chi connectivity index (χ3n) is 2.71. The first kappa shape index (κ1) is 15.3. The van der Waals surface area contributed by atoms with Gasteiger partial charge in [-0.15, -0.1) is 13.2 Å². The van der Waals surface area contributed by atoms with Crippen molar-refractivity contribution < 1.29 is 22.8 Å². The third-order valence-corrected chi connectivity index (χ3v) is 2.71. The van der Waals surface area contributed by atoms with Gasteiger partial charge in [0.2, 0.25) is 0 Å². The number of nitrogens with zero attached hydrogens (tertiary/aromatic N) is 2. The van der Waals surface area contributed by atoms with Crippen LogP contribution in [0.25, 0.3) is 11.1 Å². The maximum absolute atomic E-state index is 12.2. The molecule has 0 amide bonds. The fourth-order valence-electron chi connectivity index (χ4n) is 1.85. The number of halogens is 3. The van der Waals surface area contributed by atoms with Crippen molar-refractivity contribution in [2.75, 3.05) is 0 Å². The lowest BCUT2D eigenvalue weighted by molar-refractivity contribution is -0.384. The Labute approximate surface area is 122 Å². The summed E-state index contributed by atoms with van der Waals surface area (Å²) in [5.41, 5.74) is 0.273. The summed E-state index contributed by atoms with van der Waals surface area (Å²) < 4.78 is 40.4. The number of ether oxygens (including phenoxy) is 1. The molecule has 112 valence electrons. The van der Waals surface area contributed by atoms with Gasteiger partial charge in [-0.25, -0.2) is 0 Å². The molecule has 0 aliphatic heterocycles. The van der Waals surface area contributed by atoms with Crippen LogP contribution in [-0.2, 0) is 0 Å². The number of nitro groups is 1. The van der Waals surface area contributed by atoms with Crippen molar-refractivity contribution in [1.29, 1.82) is 5.26 Å². The normalized spacial score (nSPS) is 10.8. The van der Waals surface area contributed by atoms with E-state index in [1.54, 1.807) is 6.07 Å². The second-order valence-electron chi connectivity index (χ2n) is 4.17. The Morgan fingerprint density at radius 2 is 1.91 bits per heavy atom. The van der Waals surface area contributed by atoms with E-state index < -0.39 is 17.0 Å². The number of alkyl halides is 3. The Kier molecular flexibility index (Phi) is 3.99. The van der Waals surface area contributed by atoms with E-state index in [-0.39, 0.29) is 22.4 Å². The highest BCUT2D eigenvalue weighted by atomic mass is 19.4. The van der Waals surface area contributed by atoms with Crippen LogP contribution < -0.4 is 4.74 Å². The highest BCUT2D eigenvalue weighted by Gasteiger charge is 2.31. The predicted molar refractivity (Wildman–Crippen MR) is 69.9 cm³/mol. The van der Waals surface area contributed by atoms with Gasteiger partial charge in [0, 0.05) is 17.7 Å². The van der Waals surface area contributed by atoms with Crippen LogP contribution in [0.1, 0.15) is 5.56 Å². The molecule has 0 aliphatic carbocycles. The van der Waals surface area contributed by atoms with E-state index in [9.17, 15) is 23.3 Å². The molecular weight excluding hydrogens is 301 g/mol. The molecule has 0 saturated carbocycles. The number of non-ortho nitro benzene ring substituents is 1. The standard InChI is InChI=1S/C14H7F3N2O3/c15-14(16,17)22-12-3-1-2-9(7-12)13-5-4-11(19(20)21)6-10(13)8-18/h1-7H. The van der Waals surface area contributed by atoms with Crippen LogP contribution in [0, 0.1) is 21.4 Å². The van der Waals surface area contributed by atoms with Gasteiger partial charge in [-0.3, -0.25) is 10.1 Å². The van der Waals surface area contributed by atoms with Gasteiger partial charge in [-0.05, 0) is 23.8 Å². The van der Waals surface area contributed by atoms with E-state index >= 15 is 0 Å². The third kappa shape index (κ3) is 3.52. The molecule has 0 aliphatic rings. The van der Waals surface area contributed by atoms with E-state index in [4.69, 9.17) is 5.26 Å². The molecule has 5 nitrogen and oxygen atoms in total. The van der Waals surface area contributed by atoms with Crippen LogP contribution in [0.3, 0.4) is 0 Å². The smallest absolute Gasteiger partial charge is 0.406 e. The van der Waals surface area contributed by atoms with Gasteiger partial charge in [0.05, 0.1) is 10.5 Å². The Balaban J connectivity index is 2.46. The maximum Gasteiger partial charge on any atom is 0.573 e. The van der Waals surface area contributed by atoms with Crippen LogP contribution in [-0.4, -0.2) is 11.3 Å². The fraction of sp³-hybridized carbons (Fsp3) is 0.0714. The number of nitriles is 1. The van der Waals surface area contributed by atoms with Crippen LogP contribution in [0.4, 0.5) is 18.9 Å². The second-order valence-corrected chi connectivity index (χ2v) is 4.17. The lowest BCUT2D eigenvalue weighted by Gasteiger charge is -2.10. The Morgan fingerprint density at radius 1 is 1.18 bits per heavy atom. The largest absolute Gasteiger partial charge is 0.573 e. The molecule has 0 unspecified atom stereocenters. The van der Waals surface area contributed by atoms with Crippen LogP contribution in [0.5, 0.6) is 5.75 Å². The van der Waals surface area contributed by atoms with E-state index in [0.29, 0.717) is 0 Å². The maximum atomic E-state index is 12.2. The summed E-state index contributed by atoms with van der Waals surface area (Å²) in [5.74, 6) is -0.438. The van der Waals surface area contributed by atoms with Crippen molar-refractivity contribution in [3.63, 3.8) is 0 Å². The van der Waals surface area contributed by atoms with Gasteiger partial charge in [0.25, 0.3) is 5.69 Å². The number of nitro benzene ring substituents is 1. The van der Waals surface area contributed by atoms with E-state index in [1.807, 2.05) is 0 Å². The molecule has 0 atom stereocenters. The Bertz CT molecular complexity index is 767. The molecule has 0 spiro atoms. The molecule has 0 aromatic heterocycles. The van der Waals surface area contributed by atoms with Crippen LogP contribution in [0.2, 0.25) is 0 Å². The molecule has 0 bridgehead atoms. The Hall–Kier alpha value is -3.08. The summed E-state index contributed by atoms with van der Waals surface area (Å²) in [5, 5.41) is 19.7. The molecule has 8 heteroatoms. The van der Waals surface area contributed by atoms with Gasteiger partial charge in [0.1, 0.15) is 11.8 Å². The van der Waals surface area contributed by atoms with Crippen LogP contribution in [0.15, 0.2) is 42.5 Å². The highest BCUT2D eigenvalue weighted by molar-refractivity contribution is 5.73. The van der Waals surface area contributed by atoms with Gasteiger partial charge < -0.3 is 4.74 Å². The van der Waals surface area contributed by atoms with Crippen molar-refractivity contribution in [2.24, 2.45) is 0 Å². The average molecular weight is 308 g/mol. The van der Waals surface area contributed by atoms with Crippen molar-refractivity contribution in [3.8, 4) is 22.9 Å². The summed E-state index contributed by atoms with van der Waals surface area (Å²) in [6, 6.07) is 10.4. The second kappa shape index (κ2) is 5.73. The SMILES string of the molecule is N#Cc1cc([N+](=O)[O-])ccc1-c1cccc(OC(F)(F)F)c1. The average Bonchev–Trinajstić information content (AvgIpc) is 2.45. The number of hydrogen-bond donors (Lipinski definition) is 0. The Morgan fingerprint density at radius 3 is 2.50 bits per heavy atom. The quantitative estimate of drug-likeness (QED) is 0.633. The highest BCUT2D eigenvalue weighted by Crippen LogP contribution is 2.31. The summed E-state index contributed by atoms with van der Waals surface area (Å²) in [6.45, 7) is 0. The molecule has 0 heterocycles. The summed E-state index contributed by atoms with van der Waals surface area (Å²) >= 11 is 0. The molecule has 2 aromatic carbocycles. The summed E-state index contributed by atoms with van der Waals surface area (Å²) in [4.78, 5) is 10.0. The monoisotopic (exact) mass is 308 g/mol. The van der Waals surface area contributed by atoms with Crippen LogP contribution >= 0.6 is 0 Å². The number of benzene rings is 2. The minimum atomic E-state index is -4.83. The molecular formula is C14H7F3N2O3. The van der Waals surface area contributed by atoms with E-state index in [2.05, 4.69) is 4.74 Å². The number of hydrogen-bond acceptors (Lipinski definition) is 4. The van der Waals surface area contributed by atoms with Gasteiger partial charge in [-0.1, -0.05) is 12.1 Å². The minimum Gasteiger partial charge on any atom is -0.406 e. The molecule has 0 fully saturated rings. The van der Waals surface area contributed by atoms with Gasteiger partial charge in [-0.2, -0.15) is 5.26 Å². The minimum absolute atomic E-state index is 0.0154. The number of rotatable bonds is 3. The van der Waals surface area contributed by atoms with Crippen molar-refractivity contribution in [3.05, 3.63) is 58.1 Å².